The van der Waals surface area contributed by atoms with Crippen LogP contribution in [0.4, 0.5) is 5.69 Å². The largest absolute Gasteiger partial charge is 0.314 e. The highest BCUT2D eigenvalue weighted by molar-refractivity contribution is 7.88. The van der Waals surface area contributed by atoms with Crippen LogP contribution in [-0.2, 0) is 14.8 Å². The second-order valence-electron chi connectivity index (χ2n) is 6.24. The standard InChI is InChI=1S/C17H26N2O3S/c1-18(15-10-8-5-9-11-15)17(20)14-19(23(2,21)22)16-12-6-3-4-7-13-16/h5,8-11,16H,3-4,6-7,12-14H2,1-2H3. The summed E-state index contributed by atoms with van der Waals surface area (Å²) in [6, 6.07) is 9.23. The summed E-state index contributed by atoms with van der Waals surface area (Å²) in [6.07, 6.45) is 7.23. The molecule has 1 aliphatic rings. The number of hydrogen-bond acceptors (Lipinski definition) is 3. The van der Waals surface area contributed by atoms with Crippen molar-refractivity contribution in [2.24, 2.45) is 0 Å². The zero-order chi connectivity index (χ0) is 16.9. The number of nitrogens with zero attached hydrogens (tertiary/aromatic N) is 2. The monoisotopic (exact) mass is 338 g/mol. The van der Waals surface area contributed by atoms with Crippen molar-refractivity contribution in [2.45, 2.75) is 44.6 Å². The lowest BCUT2D eigenvalue weighted by Gasteiger charge is -2.30. The quantitative estimate of drug-likeness (QED) is 0.776. The maximum atomic E-state index is 12.5. The van der Waals surface area contributed by atoms with Gasteiger partial charge in [0.2, 0.25) is 15.9 Å². The second-order valence-corrected chi connectivity index (χ2v) is 8.18. The van der Waals surface area contributed by atoms with Gasteiger partial charge in [-0.15, -0.1) is 0 Å². The Morgan fingerprint density at radius 3 is 2.17 bits per heavy atom. The van der Waals surface area contributed by atoms with Gasteiger partial charge in [-0.05, 0) is 25.0 Å². The van der Waals surface area contributed by atoms with Gasteiger partial charge in [-0.2, -0.15) is 4.31 Å². The Balaban J connectivity index is 2.12. The van der Waals surface area contributed by atoms with E-state index in [9.17, 15) is 13.2 Å². The Kier molecular flexibility index (Phi) is 6.18. The van der Waals surface area contributed by atoms with E-state index >= 15 is 0 Å². The van der Waals surface area contributed by atoms with Crippen LogP contribution in [0, 0.1) is 0 Å². The number of carbonyl (C=O) groups is 1. The molecule has 128 valence electrons. The van der Waals surface area contributed by atoms with E-state index in [4.69, 9.17) is 0 Å². The van der Waals surface area contributed by atoms with E-state index in [1.807, 2.05) is 30.3 Å². The van der Waals surface area contributed by atoms with Gasteiger partial charge in [-0.1, -0.05) is 43.9 Å². The molecule has 1 saturated carbocycles. The number of rotatable bonds is 5. The van der Waals surface area contributed by atoms with Gasteiger partial charge < -0.3 is 4.90 Å². The van der Waals surface area contributed by atoms with Crippen molar-refractivity contribution in [3.63, 3.8) is 0 Å². The summed E-state index contributed by atoms with van der Waals surface area (Å²) in [5, 5.41) is 0. The fourth-order valence-electron chi connectivity index (χ4n) is 3.10. The van der Waals surface area contributed by atoms with Gasteiger partial charge in [0, 0.05) is 18.8 Å². The van der Waals surface area contributed by atoms with E-state index in [2.05, 4.69) is 0 Å². The minimum Gasteiger partial charge on any atom is -0.314 e. The normalized spacial score (nSPS) is 17.0. The summed E-state index contributed by atoms with van der Waals surface area (Å²) in [4.78, 5) is 14.1. The first-order valence-electron chi connectivity index (χ1n) is 8.18. The molecule has 0 heterocycles. The maximum Gasteiger partial charge on any atom is 0.242 e. The van der Waals surface area contributed by atoms with Crippen LogP contribution in [0.15, 0.2) is 30.3 Å². The highest BCUT2D eigenvalue weighted by atomic mass is 32.2. The Bertz CT molecular complexity index is 608. The van der Waals surface area contributed by atoms with Crippen LogP contribution < -0.4 is 4.90 Å². The first-order valence-corrected chi connectivity index (χ1v) is 10.0. The molecule has 1 fully saturated rings. The maximum absolute atomic E-state index is 12.5. The number of carbonyl (C=O) groups excluding carboxylic acids is 1. The Labute approximate surface area is 139 Å². The van der Waals surface area contributed by atoms with Crippen molar-refractivity contribution < 1.29 is 13.2 Å². The van der Waals surface area contributed by atoms with Crippen LogP contribution in [0.5, 0.6) is 0 Å². The number of likely N-dealkylation sites (N-methyl/N-ethyl adjacent to an activating group) is 1. The van der Waals surface area contributed by atoms with E-state index in [1.54, 1.807) is 7.05 Å². The highest BCUT2D eigenvalue weighted by Gasteiger charge is 2.30. The van der Waals surface area contributed by atoms with E-state index in [-0.39, 0.29) is 18.5 Å². The number of hydrogen-bond donors (Lipinski definition) is 0. The van der Waals surface area contributed by atoms with Crippen molar-refractivity contribution in [2.75, 3.05) is 24.7 Å². The minimum atomic E-state index is -3.41. The lowest BCUT2D eigenvalue weighted by molar-refractivity contribution is -0.118. The van der Waals surface area contributed by atoms with E-state index in [1.165, 1.54) is 15.5 Å². The molecule has 1 amide bonds. The van der Waals surface area contributed by atoms with Gasteiger partial charge in [-0.25, -0.2) is 8.42 Å². The number of sulfonamides is 1. The lowest BCUT2D eigenvalue weighted by atomic mass is 10.1. The molecule has 0 radical (unpaired) electrons. The third-order valence-electron chi connectivity index (χ3n) is 4.47. The summed E-state index contributed by atoms with van der Waals surface area (Å²) in [6.45, 7) is -0.0884. The summed E-state index contributed by atoms with van der Waals surface area (Å²) < 4.78 is 25.8. The van der Waals surface area contributed by atoms with Gasteiger partial charge in [0.15, 0.2) is 0 Å². The molecule has 1 aromatic rings. The van der Waals surface area contributed by atoms with Gasteiger partial charge >= 0.3 is 0 Å². The number of amides is 1. The van der Waals surface area contributed by atoms with Crippen LogP contribution >= 0.6 is 0 Å². The predicted octanol–water partition coefficient (Wildman–Crippen LogP) is 2.63. The summed E-state index contributed by atoms with van der Waals surface area (Å²) in [7, 11) is -1.72. The second kappa shape index (κ2) is 7.93. The Morgan fingerprint density at radius 2 is 1.65 bits per heavy atom. The molecule has 0 atom stereocenters. The molecule has 0 aliphatic heterocycles. The average molecular weight is 338 g/mol. The van der Waals surface area contributed by atoms with Crippen molar-refractivity contribution in [3.8, 4) is 0 Å². The third-order valence-corrected chi connectivity index (χ3v) is 5.75. The molecule has 0 spiro atoms. The van der Waals surface area contributed by atoms with E-state index in [0.29, 0.717) is 0 Å². The first-order chi connectivity index (χ1) is 10.9. The van der Waals surface area contributed by atoms with E-state index in [0.717, 1.165) is 44.2 Å². The average Bonchev–Trinajstić information content (AvgIpc) is 2.80. The molecule has 5 nitrogen and oxygen atoms in total. The molecule has 1 aliphatic carbocycles. The van der Waals surface area contributed by atoms with Crippen LogP contribution in [-0.4, -0.2) is 44.5 Å². The summed E-state index contributed by atoms with van der Waals surface area (Å²) >= 11 is 0. The topological polar surface area (TPSA) is 57.7 Å². The smallest absolute Gasteiger partial charge is 0.242 e. The molecule has 0 unspecified atom stereocenters. The highest BCUT2D eigenvalue weighted by Crippen LogP contribution is 2.24. The van der Waals surface area contributed by atoms with Crippen molar-refractivity contribution >= 4 is 21.6 Å². The molecule has 23 heavy (non-hydrogen) atoms. The van der Waals surface area contributed by atoms with Gasteiger partial charge in [0.05, 0.1) is 12.8 Å². The molecule has 1 aromatic carbocycles. The van der Waals surface area contributed by atoms with Gasteiger partial charge in [0.25, 0.3) is 0 Å². The van der Waals surface area contributed by atoms with Crippen LogP contribution in [0.1, 0.15) is 38.5 Å². The van der Waals surface area contributed by atoms with Crippen molar-refractivity contribution in [1.29, 1.82) is 0 Å². The van der Waals surface area contributed by atoms with Crippen molar-refractivity contribution in [3.05, 3.63) is 30.3 Å². The minimum absolute atomic E-state index is 0.0550. The molecule has 2 rings (SSSR count). The Hall–Kier alpha value is -1.40. The zero-order valence-corrected chi connectivity index (χ0v) is 14.8. The molecule has 6 heteroatoms. The zero-order valence-electron chi connectivity index (χ0n) is 13.9. The van der Waals surface area contributed by atoms with E-state index < -0.39 is 10.0 Å². The Morgan fingerprint density at radius 1 is 1.09 bits per heavy atom. The van der Waals surface area contributed by atoms with Crippen LogP contribution in [0.3, 0.4) is 0 Å². The molecule has 0 saturated heterocycles. The van der Waals surface area contributed by atoms with Crippen molar-refractivity contribution in [1.82, 2.24) is 4.31 Å². The molecule has 0 aromatic heterocycles. The van der Waals surface area contributed by atoms with Crippen LogP contribution in [0.2, 0.25) is 0 Å². The number of anilines is 1. The summed E-state index contributed by atoms with van der Waals surface area (Å²) in [5.74, 6) is -0.203. The predicted molar refractivity (Wildman–Crippen MR) is 92.9 cm³/mol. The first kappa shape index (κ1) is 17.9. The lowest BCUT2D eigenvalue weighted by Crippen LogP contribution is -2.46. The SMILES string of the molecule is CN(C(=O)CN(C1CCCCCC1)S(C)(=O)=O)c1ccccc1. The van der Waals surface area contributed by atoms with Gasteiger partial charge in [0.1, 0.15) is 0 Å². The number of benzene rings is 1. The van der Waals surface area contributed by atoms with Gasteiger partial charge in [-0.3, -0.25) is 4.79 Å². The fourth-order valence-corrected chi connectivity index (χ4v) is 4.20. The molecular formula is C17H26N2O3S. The molecular weight excluding hydrogens is 312 g/mol. The molecule has 0 N–H and O–H groups in total. The summed E-state index contributed by atoms with van der Waals surface area (Å²) in [5.41, 5.74) is 0.770. The fraction of sp³-hybridized carbons (Fsp3) is 0.588. The molecule has 0 bridgehead atoms. The van der Waals surface area contributed by atoms with Crippen LogP contribution in [0.25, 0.3) is 0 Å². The number of para-hydroxylation sites is 1. The third kappa shape index (κ3) is 5.04.